The van der Waals surface area contributed by atoms with Crippen LogP contribution in [0.3, 0.4) is 0 Å². The first-order chi connectivity index (χ1) is 10.4. The zero-order chi connectivity index (χ0) is 15.8. The van der Waals surface area contributed by atoms with Crippen LogP contribution in [0.15, 0.2) is 36.5 Å². The number of nitrogens with one attached hydrogen (secondary N) is 1. The molecule has 1 fully saturated rings. The third-order valence-electron chi connectivity index (χ3n) is 4.14. The standard InChI is InChI=1S/C15H19N3O3S/c1-22(20,21)14-9-5-6-10-18(14,19)15-16-11-13(17-15)12-7-3-2-4-8-12/h2-4,7-8,11,14H,5-6,9-10H2,1H3,(H,16,17). The van der Waals surface area contributed by atoms with Gasteiger partial charge in [-0.05, 0) is 12.8 Å². The van der Waals surface area contributed by atoms with Crippen LogP contribution in [0, 0.1) is 5.21 Å². The minimum absolute atomic E-state index is 0.175. The Morgan fingerprint density at radius 1 is 1.27 bits per heavy atom. The molecule has 1 N–H and O–H groups in total. The van der Waals surface area contributed by atoms with Crippen LogP contribution < -0.4 is 4.65 Å². The van der Waals surface area contributed by atoms with Gasteiger partial charge in [0.1, 0.15) is 0 Å². The molecule has 6 nitrogen and oxygen atoms in total. The van der Waals surface area contributed by atoms with Crippen molar-refractivity contribution in [1.29, 1.82) is 0 Å². The van der Waals surface area contributed by atoms with E-state index in [1.807, 2.05) is 30.3 Å². The number of quaternary nitrogens is 1. The molecule has 0 bridgehead atoms. The van der Waals surface area contributed by atoms with E-state index in [1.165, 1.54) is 0 Å². The molecule has 0 saturated carbocycles. The van der Waals surface area contributed by atoms with Crippen molar-refractivity contribution >= 4 is 15.8 Å². The van der Waals surface area contributed by atoms with Crippen LogP contribution in [-0.2, 0) is 9.84 Å². The van der Waals surface area contributed by atoms with Gasteiger partial charge in [0.25, 0.3) is 0 Å². The summed E-state index contributed by atoms with van der Waals surface area (Å²) in [5.41, 5.74) is 1.55. The Kier molecular flexibility index (Phi) is 3.80. The molecule has 2 unspecified atom stereocenters. The molecule has 1 saturated heterocycles. The summed E-state index contributed by atoms with van der Waals surface area (Å²) in [4.78, 5) is 7.28. The summed E-state index contributed by atoms with van der Waals surface area (Å²) in [7, 11) is -3.44. The second-order valence-electron chi connectivity index (χ2n) is 5.77. The molecule has 1 aromatic carbocycles. The summed E-state index contributed by atoms with van der Waals surface area (Å²) in [6.07, 6.45) is 4.64. The molecule has 2 aromatic rings. The Balaban J connectivity index is 2.00. The van der Waals surface area contributed by atoms with Crippen molar-refractivity contribution in [2.24, 2.45) is 0 Å². The van der Waals surface area contributed by atoms with Gasteiger partial charge in [0.15, 0.2) is 5.37 Å². The van der Waals surface area contributed by atoms with Crippen molar-refractivity contribution in [3.05, 3.63) is 41.7 Å². The molecule has 22 heavy (non-hydrogen) atoms. The van der Waals surface area contributed by atoms with Crippen molar-refractivity contribution in [2.45, 2.75) is 24.6 Å². The van der Waals surface area contributed by atoms with Crippen LogP contribution in [0.4, 0.5) is 5.95 Å². The maximum Gasteiger partial charge on any atom is 0.308 e. The van der Waals surface area contributed by atoms with Crippen LogP contribution >= 0.6 is 0 Å². The second kappa shape index (κ2) is 5.49. The van der Waals surface area contributed by atoms with Gasteiger partial charge in [-0.15, -0.1) is 0 Å². The van der Waals surface area contributed by atoms with Crippen molar-refractivity contribution in [3.8, 4) is 11.3 Å². The molecule has 7 heteroatoms. The number of rotatable bonds is 3. The molecule has 1 aliphatic heterocycles. The van der Waals surface area contributed by atoms with Crippen LogP contribution in [0.5, 0.6) is 0 Å². The SMILES string of the molecule is CS(=O)(=O)C1CCCC[N+]1([O-])c1nc(-c2ccccc2)c[nH]1. The molecule has 1 aromatic heterocycles. The van der Waals surface area contributed by atoms with Gasteiger partial charge >= 0.3 is 5.95 Å². The minimum atomic E-state index is -3.44. The van der Waals surface area contributed by atoms with Gasteiger partial charge in [-0.3, -0.25) is 9.63 Å². The van der Waals surface area contributed by atoms with Crippen molar-refractivity contribution in [3.63, 3.8) is 0 Å². The molecule has 0 aliphatic carbocycles. The predicted octanol–water partition coefficient (Wildman–Crippen LogP) is 2.44. The van der Waals surface area contributed by atoms with E-state index in [2.05, 4.69) is 9.97 Å². The summed E-state index contributed by atoms with van der Waals surface area (Å²) < 4.78 is 23.1. The van der Waals surface area contributed by atoms with Gasteiger partial charge in [-0.25, -0.2) is 8.42 Å². The number of hydroxylamine groups is 2. The Bertz CT molecular complexity index is 757. The fraction of sp³-hybridized carbons (Fsp3) is 0.400. The van der Waals surface area contributed by atoms with Crippen LogP contribution in [0.25, 0.3) is 11.3 Å². The Hall–Kier alpha value is -1.70. The van der Waals surface area contributed by atoms with Gasteiger partial charge in [0.2, 0.25) is 9.84 Å². The van der Waals surface area contributed by atoms with E-state index in [1.54, 1.807) is 6.20 Å². The van der Waals surface area contributed by atoms with Crippen molar-refractivity contribution in [1.82, 2.24) is 14.6 Å². The molecule has 0 radical (unpaired) electrons. The lowest BCUT2D eigenvalue weighted by atomic mass is 10.1. The van der Waals surface area contributed by atoms with E-state index in [-0.39, 0.29) is 12.5 Å². The topological polar surface area (TPSA) is 85.9 Å². The lowest BCUT2D eigenvalue weighted by Gasteiger charge is -2.47. The van der Waals surface area contributed by atoms with E-state index in [0.29, 0.717) is 18.5 Å². The summed E-state index contributed by atoms with van der Waals surface area (Å²) in [5.74, 6) is 0.175. The van der Waals surface area contributed by atoms with Gasteiger partial charge < -0.3 is 5.21 Å². The monoisotopic (exact) mass is 321 g/mol. The number of hydrogen-bond donors (Lipinski definition) is 1. The average Bonchev–Trinajstić information content (AvgIpc) is 2.98. The Labute approximate surface area is 129 Å². The quantitative estimate of drug-likeness (QED) is 0.695. The van der Waals surface area contributed by atoms with Gasteiger partial charge in [-0.2, -0.15) is 4.98 Å². The number of piperidine rings is 1. The predicted molar refractivity (Wildman–Crippen MR) is 86.5 cm³/mol. The summed E-state index contributed by atoms with van der Waals surface area (Å²) >= 11 is 0. The zero-order valence-corrected chi connectivity index (χ0v) is 13.2. The number of sulfone groups is 1. The fourth-order valence-electron chi connectivity index (χ4n) is 3.05. The first-order valence-electron chi connectivity index (χ1n) is 7.30. The normalized spacial score (nSPS) is 26.0. The van der Waals surface area contributed by atoms with E-state index in [0.717, 1.165) is 18.2 Å². The number of nitrogens with zero attached hydrogens (tertiary/aromatic N) is 2. The highest BCUT2D eigenvalue weighted by Crippen LogP contribution is 2.33. The first-order valence-corrected chi connectivity index (χ1v) is 9.26. The molecule has 0 amide bonds. The fourth-order valence-corrected chi connectivity index (χ4v) is 4.46. The third-order valence-corrected chi connectivity index (χ3v) is 5.71. The van der Waals surface area contributed by atoms with Gasteiger partial charge in [0, 0.05) is 24.4 Å². The van der Waals surface area contributed by atoms with E-state index in [9.17, 15) is 13.6 Å². The van der Waals surface area contributed by atoms with E-state index < -0.39 is 19.9 Å². The molecule has 118 valence electrons. The Morgan fingerprint density at radius 3 is 2.68 bits per heavy atom. The number of hydrogen-bond acceptors (Lipinski definition) is 4. The summed E-state index contributed by atoms with van der Waals surface area (Å²) in [6.45, 7) is 0.236. The largest absolute Gasteiger partial charge is 0.624 e. The van der Waals surface area contributed by atoms with Gasteiger partial charge in [0.05, 0.1) is 12.2 Å². The van der Waals surface area contributed by atoms with Crippen LogP contribution in [-0.4, -0.2) is 36.6 Å². The lowest BCUT2D eigenvalue weighted by Crippen LogP contribution is -2.58. The Morgan fingerprint density at radius 2 is 2.00 bits per heavy atom. The zero-order valence-electron chi connectivity index (χ0n) is 12.4. The molecule has 3 rings (SSSR count). The smallest absolute Gasteiger partial charge is 0.308 e. The molecule has 2 atom stereocenters. The number of benzene rings is 1. The number of H-pyrrole nitrogens is 1. The highest BCUT2D eigenvalue weighted by atomic mass is 32.2. The molecule has 0 spiro atoms. The molecule has 2 heterocycles. The minimum Gasteiger partial charge on any atom is -0.624 e. The van der Waals surface area contributed by atoms with E-state index in [4.69, 9.17) is 0 Å². The summed E-state index contributed by atoms with van der Waals surface area (Å²) in [5, 5.41) is 12.2. The first kappa shape index (κ1) is 15.2. The summed E-state index contributed by atoms with van der Waals surface area (Å²) in [6, 6.07) is 9.50. The van der Waals surface area contributed by atoms with Crippen LogP contribution in [0.2, 0.25) is 0 Å². The molecular weight excluding hydrogens is 302 g/mol. The average molecular weight is 321 g/mol. The van der Waals surface area contributed by atoms with Crippen molar-refractivity contribution < 1.29 is 8.42 Å². The van der Waals surface area contributed by atoms with E-state index >= 15 is 0 Å². The lowest BCUT2D eigenvalue weighted by molar-refractivity contribution is 0.261. The molecular formula is C15H19N3O3S. The number of aromatic amines is 1. The maximum absolute atomic E-state index is 13.2. The van der Waals surface area contributed by atoms with Gasteiger partial charge in [-0.1, -0.05) is 30.3 Å². The third kappa shape index (κ3) is 2.67. The van der Waals surface area contributed by atoms with Crippen molar-refractivity contribution in [2.75, 3.05) is 12.8 Å². The second-order valence-corrected chi connectivity index (χ2v) is 7.98. The highest BCUT2D eigenvalue weighted by molar-refractivity contribution is 7.91. The highest BCUT2D eigenvalue weighted by Gasteiger charge is 2.43. The number of imidazole rings is 1. The maximum atomic E-state index is 13.2. The van der Waals surface area contributed by atoms with Crippen LogP contribution in [0.1, 0.15) is 19.3 Å². The number of aromatic nitrogens is 2. The molecule has 1 aliphatic rings.